The van der Waals surface area contributed by atoms with E-state index < -0.39 is 10.0 Å². The largest absolute Gasteiger partial charge is 0.298 e. The van der Waals surface area contributed by atoms with Gasteiger partial charge in [-0.1, -0.05) is 47.7 Å². The molecule has 0 unspecified atom stereocenters. The Morgan fingerprint density at radius 3 is 2.62 bits per heavy atom. The van der Waals surface area contributed by atoms with Gasteiger partial charge in [0.05, 0.1) is 15.1 Å². The van der Waals surface area contributed by atoms with Gasteiger partial charge >= 0.3 is 0 Å². The topological polar surface area (TPSA) is 102 Å². The number of amides is 1. The van der Waals surface area contributed by atoms with Crippen molar-refractivity contribution in [2.24, 2.45) is 5.14 Å². The number of primary sulfonamides is 1. The van der Waals surface area contributed by atoms with Crippen LogP contribution >= 0.6 is 11.3 Å². The lowest BCUT2D eigenvalue weighted by atomic mass is 10.0. The molecule has 1 aromatic heterocycles. The summed E-state index contributed by atoms with van der Waals surface area (Å²) in [4.78, 5) is 17.0. The standard InChI is InChI=1S/C18H13N3O3S2/c19-26(23,24)12-8-9-15-16(10-12)25-18(20-15)21-17(22)14-7-3-5-11-4-1-2-6-13(11)14/h1-10H,(H2,19,23,24)(H,20,21,22). The Bertz CT molecular complexity index is 1260. The molecule has 4 aromatic rings. The number of rotatable bonds is 3. The summed E-state index contributed by atoms with van der Waals surface area (Å²) >= 11 is 1.19. The van der Waals surface area contributed by atoms with Gasteiger partial charge in [-0.05, 0) is 35.0 Å². The number of sulfonamides is 1. The van der Waals surface area contributed by atoms with Gasteiger partial charge in [-0.15, -0.1) is 0 Å². The predicted molar refractivity (Wildman–Crippen MR) is 103 cm³/mol. The van der Waals surface area contributed by atoms with Crippen LogP contribution in [0.2, 0.25) is 0 Å². The maximum absolute atomic E-state index is 12.7. The first kappa shape index (κ1) is 16.6. The van der Waals surface area contributed by atoms with Crippen LogP contribution in [0.5, 0.6) is 0 Å². The fourth-order valence-corrected chi connectivity index (χ4v) is 4.24. The lowest BCUT2D eigenvalue weighted by molar-refractivity contribution is 0.102. The summed E-state index contributed by atoms with van der Waals surface area (Å²) in [6, 6.07) is 17.6. The minimum Gasteiger partial charge on any atom is -0.298 e. The highest BCUT2D eigenvalue weighted by molar-refractivity contribution is 7.89. The molecule has 4 rings (SSSR count). The number of fused-ring (bicyclic) bond motifs is 2. The summed E-state index contributed by atoms with van der Waals surface area (Å²) in [5.41, 5.74) is 1.14. The summed E-state index contributed by atoms with van der Waals surface area (Å²) in [5.74, 6) is -0.271. The Labute approximate surface area is 153 Å². The van der Waals surface area contributed by atoms with Crippen molar-refractivity contribution in [2.75, 3.05) is 5.32 Å². The van der Waals surface area contributed by atoms with Crippen molar-refractivity contribution in [2.45, 2.75) is 4.90 Å². The minimum absolute atomic E-state index is 0.0144. The summed E-state index contributed by atoms with van der Waals surface area (Å²) in [5, 5.41) is 10.2. The van der Waals surface area contributed by atoms with Crippen LogP contribution in [0, 0.1) is 0 Å². The third kappa shape index (κ3) is 3.05. The van der Waals surface area contributed by atoms with Crippen LogP contribution in [0.4, 0.5) is 5.13 Å². The smallest absolute Gasteiger partial charge is 0.258 e. The molecule has 0 spiro atoms. The first-order valence-electron chi connectivity index (χ1n) is 7.64. The molecule has 26 heavy (non-hydrogen) atoms. The molecule has 3 N–H and O–H groups in total. The van der Waals surface area contributed by atoms with Gasteiger partial charge in [0.2, 0.25) is 10.0 Å². The summed E-state index contributed by atoms with van der Waals surface area (Å²) < 4.78 is 23.6. The Morgan fingerprint density at radius 1 is 1.04 bits per heavy atom. The summed E-state index contributed by atoms with van der Waals surface area (Å²) in [6.45, 7) is 0. The number of hydrogen-bond acceptors (Lipinski definition) is 5. The number of anilines is 1. The van der Waals surface area contributed by atoms with Gasteiger partial charge in [-0.3, -0.25) is 10.1 Å². The van der Waals surface area contributed by atoms with E-state index in [2.05, 4.69) is 10.3 Å². The highest BCUT2D eigenvalue weighted by Crippen LogP contribution is 2.28. The average Bonchev–Trinajstić information content (AvgIpc) is 3.01. The van der Waals surface area contributed by atoms with Crippen molar-refractivity contribution in [1.82, 2.24) is 4.98 Å². The SMILES string of the molecule is NS(=O)(=O)c1ccc2nc(NC(=O)c3cccc4ccccc34)sc2c1. The zero-order chi connectivity index (χ0) is 18.3. The van der Waals surface area contributed by atoms with E-state index in [0.29, 0.717) is 20.9 Å². The fraction of sp³-hybridized carbons (Fsp3) is 0. The predicted octanol–water partition coefficient (Wildman–Crippen LogP) is 3.35. The quantitative estimate of drug-likeness (QED) is 0.566. The molecule has 0 bridgehead atoms. The Balaban J connectivity index is 1.69. The third-order valence-corrected chi connectivity index (χ3v) is 5.79. The van der Waals surface area contributed by atoms with E-state index in [1.165, 1.54) is 23.5 Å². The van der Waals surface area contributed by atoms with E-state index in [1.54, 1.807) is 12.1 Å². The van der Waals surface area contributed by atoms with Crippen LogP contribution in [0.3, 0.4) is 0 Å². The molecular weight excluding hydrogens is 370 g/mol. The number of nitrogens with one attached hydrogen (secondary N) is 1. The Kier molecular flexibility index (Phi) is 3.95. The molecule has 0 aliphatic carbocycles. The molecule has 6 nitrogen and oxygen atoms in total. The summed E-state index contributed by atoms with van der Waals surface area (Å²) in [6.07, 6.45) is 0. The third-order valence-electron chi connectivity index (χ3n) is 3.94. The van der Waals surface area contributed by atoms with Crippen molar-refractivity contribution in [1.29, 1.82) is 0 Å². The number of aromatic nitrogens is 1. The average molecular weight is 383 g/mol. The summed E-state index contributed by atoms with van der Waals surface area (Å²) in [7, 11) is -3.78. The van der Waals surface area contributed by atoms with E-state index in [-0.39, 0.29) is 10.8 Å². The van der Waals surface area contributed by atoms with Crippen molar-refractivity contribution in [3.63, 3.8) is 0 Å². The molecule has 0 saturated heterocycles. The van der Waals surface area contributed by atoms with Gasteiger partial charge in [0.25, 0.3) is 5.91 Å². The number of nitrogens with two attached hydrogens (primary N) is 1. The number of carbonyl (C=O) groups excluding carboxylic acids is 1. The van der Waals surface area contributed by atoms with Crippen molar-refractivity contribution in [3.8, 4) is 0 Å². The molecular formula is C18H13N3O3S2. The second-order valence-corrected chi connectivity index (χ2v) is 8.27. The monoisotopic (exact) mass is 383 g/mol. The number of benzene rings is 3. The molecule has 0 atom stereocenters. The zero-order valence-electron chi connectivity index (χ0n) is 13.3. The second-order valence-electron chi connectivity index (χ2n) is 5.67. The minimum atomic E-state index is -3.78. The van der Waals surface area contributed by atoms with Crippen LogP contribution < -0.4 is 10.5 Å². The molecule has 0 fully saturated rings. The molecule has 0 aliphatic rings. The lowest BCUT2D eigenvalue weighted by Crippen LogP contribution is -2.12. The zero-order valence-corrected chi connectivity index (χ0v) is 15.0. The van der Waals surface area contributed by atoms with Gasteiger partial charge < -0.3 is 0 Å². The highest BCUT2D eigenvalue weighted by Gasteiger charge is 2.14. The van der Waals surface area contributed by atoms with Crippen molar-refractivity contribution >= 4 is 53.4 Å². The van der Waals surface area contributed by atoms with Gasteiger partial charge in [0, 0.05) is 5.56 Å². The normalized spacial score (nSPS) is 11.7. The highest BCUT2D eigenvalue weighted by atomic mass is 32.2. The number of nitrogens with zero attached hydrogens (tertiary/aromatic N) is 1. The first-order chi connectivity index (χ1) is 12.4. The Hall–Kier alpha value is -2.81. The lowest BCUT2D eigenvalue weighted by Gasteiger charge is -2.05. The molecule has 8 heteroatoms. The van der Waals surface area contributed by atoms with Gasteiger partial charge in [-0.25, -0.2) is 18.5 Å². The second kappa shape index (κ2) is 6.17. The Morgan fingerprint density at radius 2 is 1.81 bits per heavy atom. The number of thiazole rings is 1. The van der Waals surface area contributed by atoms with Gasteiger partial charge in [0.1, 0.15) is 0 Å². The van der Waals surface area contributed by atoms with Crippen molar-refractivity contribution in [3.05, 3.63) is 66.2 Å². The maximum atomic E-state index is 12.7. The van der Waals surface area contributed by atoms with E-state index in [1.807, 2.05) is 36.4 Å². The van der Waals surface area contributed by atoms with E-state index in [0.717, 1.165) is 10.8 Å². The van der Waals surface area contributed by atoms with Gasteiger partial charge in [-0.2, -0.15) is 0 Å². The molecule has 0 saturated carbocycles. The molecule has 1 heterocycles. The molecule has 130 valence electrons. The van der Waals surface area contributed by atoms with E-state index in [4.69, 9.17) is 5.14 Å². The van der Waals surface area contributed by atoms with Crippen molar-refractivity contribution < 1.29 is 13.2 Å². The van der Waals surface area contributed by atoms with Crippen LogP contribution in [0.15, 0.2) is 65.6 Å². The van der Waals surface area contributed by atoms with Gasteiger partial charge in [0.15, 0.2) is 5.13 Å². The molecule has 0 radical (unpaired) electrons. The molecule has 1 amide bonds. The molecule has 3 aromatic carbocycles. The fourth-order valence-electron chi connectivity index (χ4n) is 2.72. The molecule has 0 aliphatic heterocycles. The van der Waals surface area contributed by atoms with E-state index >= 15 is 0 Å². The maximum Gasteiger partial charge on any atom is 0.258 e. The number of hydrogen-bond donors (Lipinski definition) is 2. The number of carbonyl (C=O) groups is 1. The van der Waals surface area contributed by atoms with Crippen LogP contribution in [-0.4, -0.2) is 19.3 Å². The van der Waals surface area contributed by atoms with E-state index in [9.17, 15) is 13.2 Å². The first-order valence-corrected chi connectivity index (χ1v) is 10.0. The van der Waals surface area contributed by atoms with Crippen LogP contribution in [-0.2, 0) is 10.0 Å². The van der Waals surface area contributed by atoms with Crippen LogP contribution in [0.25, 0.3) is 21.0 Å². The van der Waals surface area contributed by atoms with Crippen LogP contribution in [0.1, 0.15) is 10.4 Å².